The fraction of sp³-hybridized carbons (Fsp3) is 0.250. The highest BCUT2D eigenvalue weighted by Gasteiger charge is 2.17. The molecule has 3 rings (SSSR count). The van der Waals surface area contributed by atoms with Gasteiger partial charge in [-0.25, -0.2) is 4.98 Å². The number of nitrogens with one attached hydrogen (secondary N) is 2. The van der Waals surface area contributed by atoms with Crippen molar-refractivity contribution in [2.24, 2.45) is 0 Å². The molecule has 0 aliphatic rings. The lowest BCUT2D eigenvalue weighted by Crippen LogP contribution is -2.13. The predicted molar refractivity (Wildman–Crippen MR) is 85.3 cm³/mol. The maximum Gasteiger partial charge on any atom is 0.293 e. The maximum atomic E-state index is 12.3. The van der Waals surface area contributed by atoms with Gasteiger partial charge in [0.25, 0.3) is 5.91 Å². The first kappa shape index (κ1) is 15.0. The molecule has 120 valence electrons. The van der Waals surface area contributed by atoms with Gasteiger partial charge in [-0.3, -0.25) is 10.1 Å². The number of fused-ring (bicyclic) bond motifs is 1. The Labute approximate surface area is 132 Å². The normalized spacial score (nSPS) is 10.8. The van der Waals surface area contributed by atoms with E-state index in [1.807, 2.05) is 13.0 Å². The Kier molecular flexibility index (Phi) is 3.69. The molecule has 7 heteroatoms. The van der Waals surface area contributed by atoms with Gasteiger partial charge in [0.2, 0.25) is 5.95 Å². The van der Waals surface area contributed by atoms with Gasteiger partial charge in [-0.2, -0.15) is 0 Å². The summed E-state index contributed by atoms with van der Waals surface area (Å²) in [6, 6.07) is 5.31. The molecule has 2 N–H and O–H groups in total. The molecular formula is C16H17N3O4. The predicted octanol–water partition coefficient (Wildman–Crippen LogP) is 3.04. The molecule has 0 aliphatic carbocycles. The number of aromatic nitrogens is 2. The van der Waals surface area contributed by atoms with Crippen molar-refractivity contribution in [3.05, 3.63) is 35.3 Å². The number of aryl methyl sites for hydroxylation is 2. The van der Waals surface area contributed by atoms with Crippen LogP contribution in [-0.4, -0.2) is 30.1 Å². The molecule has 0 unspecified atom stereocenters. The Morgan fingerprint density at radius 3 is 2.48 bits per heavy atom. The average Bonchev–Trinajstić information content (AvgIpc) is 3.06. The molecule has 7 nitrogen and oxygen atoms in total. The number of rotatable bonds is 4. The number of hydrogen-bond donors (Lipinski definition) is 2. The van der Waals surface area contributed by atoms with E-state index < -0.39 is 0 Å². The van der Waals surface area contributed by atoms with Gasteiger partial charge in [-0.1, -0.05) is 0 Å². The van der Waals surface area contributed by atoms with E-state index in [4.69, 9.17) is 13.9 Å². The van der Waals surface area contributed by atoms with E-state index in [9.17, 15) is 4.79 Å². The van der Waals surface area contributed by atoms with Crippen molar-refractivity contribution in [2.45, 2.75) is 13.8 Å². The number of ether oxygens (including phenoxy) is 2. The highest BCUT2D eigenvalue weighted by Crippen LogP contribution is 2.31. The number of benzene rings is 1. The molecule has 1 amide bonds. The molecular weight excluding hydrogens is 298 g/mol. The number of amides is 1. The van der Waals surface area contributed by atoms with Gasteiger partial charge in [0.15, 0.2) is 17.3 Å². The van der Waals surface area contributed by atoms with Crippen LogP contribution in [0.2, 0.25) is 0 Å². The number of imidazole rings is 1. The number of anilines is 1. The first-order valence-electron chi connectivity index (χ1n) is 7.02. The summed E-state index contributed by atoms with van der Waals surface area (Å²) in [5, 5.41) is 2.70. The Hall–Kier alpha value is -2.96. The minimum absolute atomic E-state index is 0.276. The van der Waals surface area contributed by atoms with E-state index in [-0.39, 0.29) is 11.7 Å². The summed E-state index contributed by atoms with van der Waals surface area (Å²) in [7, 11) is 3.12. The standard InChI is InChI=1S/C16H17N3O4/c1-8-5-9(2)23-14(8)15(20)19-16-17-10-6-12(21-3)13(22-4)7-11(10)18-16/h5-7H,1-4H3,(H2,17,18,19,20). The van der Waals surface area contributed by atoms with Crippen LogP contribution in [0.25, 0.3) is 11.0 Å². The maximum absolute atomic E-state index is 12.3. The zero-order valence-corrected chi connectivity index (χ0v) is 13.3. The van der Waals surface area contributed by atoms with Crippen molar-refractivity contribution in [1.82, 2.24) is 9.97 Å². The molecule has 0 saturated heterocycles. The van der Waals surface area contributed by atoms with Crippen LogP contribution < -0.4 is 14.8 Å². The van der Waals surface area contributed by atoms with Gasteiger partial charge in [-0.05, 0) is 19.9 Å². The molecule has 0 bridgehead atoms. The number of hydrogen-bond acceptors (Lipinski definition) is 5. The minimum Gasteiger partial charge on any atom is -0.493 e. The van der Waals surface area contributed by atoms with Crippen LogP contribution in [0.5, 0.6) is 11.5 Å². The average molecular weight is 315 g/mol. The lowest BCUT2D eigenvalue weighted by Gasteiger charge is -2.06. The quantitative estimate of drug-likeness (QED) is 0.772. The van der Waals surface area contributed by atoms with E-state index in [1.54, 1.807) is 33.3 Å². The largest absolute Gasteiger partial charge is 0.493 e. The second-order valence-electron chi connectivity index (χ2n) is 5.13. The molecule has 23 heavy (non-hydrogen) atoms. The summed E-state index contributed by atoms with van der Waals surface area (Å²) in [5.41, 5.74) is 2.16. The molecule has 0 saturated carbocycles. The van der Waals surface area contributed by atoms with Crippen LogP contribution in [0.15, 0.2) is 22.6 Å². The molecule has 2 aromatic heterocycles. The number of carbonyl (C=O) groups excluding carboxylic acids is 1. The van der Waals surface area contributed by atoms with E-state index in [2.05, 4.69) is 15.3 Å². The highest BCUT2D eigenvalue weighted by molar-refractivity contribution is 6.03. The summed E-state index contributed by atoms with van der Waals surface area (Å²) in [6.07, 6.45) is 0. The SMILES string of the molecule is COc1cc2nc(NC(=O)c3oc(C)cc3C)[nH]c2cc1OC. The lowest BCUT2D eigenvalue weighted by atomic mass is 10.2. The third-order valence-corrected chi connectivity index (χ3v) is 3.47. The van der Waals surface area contributed by atoms with Crippen LogP contribution in [0.3, 0.4) is 0 Å². The summed E-state index contributed by atoms with van der Waals surface area (Å²) in [4.78, 5) is 19.6. The van der Waals surface area contributed by atoms with Crippen molar-refractivity contribution < 1.29 is 18.7 Å². The number of furan rings is 1. The van der Waals surface area contributed by atoms with Crippen LogP contribution in [0.4, 0.5) is 5.95 Å². The molecule has 0 aliphatic heterocycles. The Morgan fingerprint density at radius 2 is 1.87 bits per heavy atom. The summed E-state index contributed by atoms with van der Waals surface area (Å²) >= 11 is 0. The summed E-state index contributed by atoms with van der Waals surface area (Å²) in [5.74, 6) is 2.09. The van der Waals surface area contributed by atoms with Crippen molar-refractivity contribution >= 4 is 22.9 Å². The van der Waals surface area contributed by atoms with Crippen molar-refractivity contribution in [1.29, 1.82) is 0 Å². The first-order valence-corrected chi connectivity index (χ1v) is 7.02. The van der Waals surface area contributed by atoms with E-state index in [0.29, 0.717) is 28.7 Å². The van der Waals surface area contributed by atoms with E-state index in [1.165, 1.54) is 0 Å². The van der Waals surface area contributed by atoms with Crippen molar-refractivity contribution in [2.75, 3.05) is 19.5 Å². The molecule has 0 atom stereocenters. The van der Waals surface area contributed by atoms with E-state index in [0.717, 1.165) is 11.1 Å². The zero-order chi connectivity index (χ0) is 16.6. The van der Waals surface area contributed by atoms with Crippen molar-refractivity contribution in [3.63, 3.8) is 0 Å². The zero-order valence-electron chi connectivity index (χ0n) is 13.3. The minimum atomic E-state index is -0.353. The Bertz CT molecular complexity index is 838. The van der Waals surface area contributed by atoms with Crippen molar-refractivity contribution in [3.8, 4) is 11.5 Å². The second-order valence-corrected chi connectivity index (χ2v) is 5.13. The molecule has 0 radical (unpaired) electrons. The summed E-state index contributed by atoms with van der Waals surface area (Å²) in [6.45, 7) is 3.61. The number of H-pyrrole nitrogens is 1. The number of nitrogens with zero attached hydrogens (tertiary/aromatic N) is 1. The number of methoxy groups -OCH3 is 2. The van der Waals surface area contributed by atoms with Gasteiger partial charge >= 0.3 is 0 Å². The molecule has 0 spiro atoms. The fourth-order valence-electron chi connectivity index (χ4n) is 2.43. The summed E-state index contributed by atoms with van der Waals surface area (Å²) < 4.78 is 15.9. The third kappa shape index (κ3) is 2.73. The molecule has 1 aromatic carbocycles. The van der Waals surface area contributed by atoms with Crippen LogP contribution in [0, 0.1) is 13.8 Å². The van der Waals surface area contributed by atoms with E-state index >= 15 is 0 Å². The van der Waals surface area contributed by atoms with Gasteiger partial charge < -0.3 is 18.9 Å². The topological polar surface area (TPSA) is 89.4 Å². The smallest absolute Gasteiger partial charge is 0.293 e. The Balaban J connectivity index is 1.91. The van der Waals surface area contributed by atoms with Crippen LogP contribution in [0.1, 0.15) is 21.9 Å². The molecule has 2 heterocycles. The van der Waals surface area contributed by atoms with Gasteiger partial charge in [0, 0.05) is 17.7 Å². The first-order chi connectivity index (χ1) is 11.0. The second kappa shape index (κ2) is 5.68. The highest BCUT2D eigenvalue weighted by atomic mass is 16.5. The lowest BCUT2D eigenvalue weighted by molar-refractivity contribution is 0.0994. The van der Waals surface area contributed by atoms with Gasteiger partial charge in [0.05, 0.1) is 25.3 Å². The molecule has 3 aromatic rings. The molecule has 0 fully saturated rings. The third-order valence-electron chi connectivity index (χ3n) is 3.47. The van der Waals surface area contributed by atoms with Crippen LogP contribution in [-0.2, 0) is 0 Å². The number of aromatic amines is 1. The monoisotopic (exact) mass is 315 g/mol. The fourth-order valence-corrected chi connectivity index (χ4v) is 2.43. The van der Waals surface area contributed by atoms with Gasteiger partial charge in [-0.15, -0.1) is 0 Å². The van der Waals surface area contributed by atoms with Crippen LogP contribution >= 0.6 is 0 Å². The Morgan fingerprint density at radius 1 is 1.17 bits per heavy atom. The van der Waals surface area contributed by atoms with Gasteiger partial charge in [0.1, 0.15) is 5.76 Å². The number of carbonyl (C=O) groups is 1.